The van der Waals surface area contributed by atoms with E-state index in [4.69, 9.17) is 9.15 Å². The Morgan fingerprint density at radius 1 is 1.11 bits per heavy atom. The number of phenolic OH excluding ortho intramolecular Hbond substituents is 1. The van der Waals surface area contributed by atoms with E-state index >= 15 is 0 Å². The second kappa shape index (κ2) is 4.69. The molecule has 0 fully saturated rings. The van der Waals surface area contributed by atoms with Crippen molar-refractivity contribution in [1.82, 2.24) is 0 Å². The molecule has 0 aliphatic carbocycles. The Bertz CT molecular complexity index is 713. The maximum Gasteiger partial charge on any atom is 0.146 e. The van der Waals surface area contributed by atoms with Gasteiger partial charge in [0.2, 0.25) is 0 Å². The molecule has 96 valence electrons. The molecule has 19 heavy (non-hydrogen) atoms. The lowest BCUT2D eigenvalue weighted by molar-refractivity contribution is 0.273. The van der Waals surface area contributed by atoms with Gasteiger partial charge in [-0.2, -0.15) is 0 Å². The minimum atomic E-state index is 0.192. The molecule has 2 aromatic carbocycles. The van der Waals surface area contributed by atoms with Crippen LogP contribution in [0.15, 0.2) is 52.9 Å². The molecule has 1 heterocycles. The van der Waals surface area contributed by atoms with Crippen LogP contribution in [0.3, 0.4) is 0 Å². The molecule has 0 saturated heterocycles. The van der Waals surface area contributed by atoms with Crippen LogP contribution in [0.25, 0.3) is 11.0 Å². The molecule has 0 atom stereocenters. The Balaban J connectivity index is 1.78. The lowest BCUT2D eigenvalue weighted by Gasteiger charge is -2.03. The number of benzene rings is 2. The van der Waals surface area contributed by atoms with Gasteiger partial charge in [0.05, 0.1) is 0 Å². The summed E-state index contributed by atoms with van der Waals surface area (Å²) >= 11 is 0. The molecule has 1 aromatic heterocycles. The van der Waals surface area contributed by atoms with E-state index in [1.165, 1.54) is 5.56 Å². The van der Waals surface area contributed by atoms with Crippen LogP contribution in [-0.2, 0) is 6.61 Å². The van der Waals surface area contributed by atoms with E-state index in [0.717, 1.165) is 16.7 Å². The number of fused-ring (bicyclic) bond motifs is 1. The topological polar surface area (TPSA) is 42.6 Å². The van der Waals surface area contributed by atoms with Gasteiger partial charge in [-0.25, -0.2) is 0 Å². The van der Waals surface area contributed by atoms with E-state index in [-0.39, 0.29) is 5.75 Å². The molecule has 1 N–H and O–H groups in total. The van der Waals surface area contributed by atoms with Crippen molar-refractivity contribution in [3.8, 4) is 11.5 Å². The largest absolute Gasteiger partial charge is 0.508 e. The Kier molecular flexibility index (Phi) is 2.88. The Morgan fingerprint density at radius 2 is 2.00 bits per heavy atom. The smallest absolute Gasteiger partial charge is 0.146 e. The summed E-state index contributed by atoms with van der Waals surface area (Å²) in [5, 5.41) is 10.4. The van der Waals surface area contributed by atoms with Gasteiger partial charge < -0.3 is 14.3 Å². The van der Waals surface area contributed by atoms with Crippen LogP contribution in [0.4, 0.5) is 0 Å². The van der Waals surface area contributed by atoms with Gasteiger partial charge in [-0.05, 0) is 36.8 Å². The van der Waals surface area contributed by atoms with Gasteiger partial charge in [-0.3, -0.25) is 0 Å². The zero-order chi connectivity index (χ0) is 13.2. The summed E-state index contributed by atoms with van der Waals surface area (Å²) in [6, 6.07) is 14.8. The van der Waals surface area contributed by atoms with Crippen molar-refractivity contribution >= 4 is 11.0 Å². The quantitative estimate of drug-likeness (QED) is 0.767. The first-order chi connectivity index (χ1) is 9.20. The average molecular weight is 254 g/mol. The minimum absolute atomic E-state index is 0.192. The number of phenols is 1. The fraction of sp³-hybridized carbons (Fsp3) is 0.125. The minimum Gasteiger partial charge on any atom is -0.508 e. The van der Waals surface area contributed by atoms with Gasteiger partial charge in [0.1, 0.15) is 29.4 Å². The molecule has 3 heteroatoms. The van der Waals surface area contributed by atoms with Gasteiger partial charge in [0, 0.05) is 11.5 Å². The second-order valence-corrected chi connectivity index (χ2v) is 4.54. The Hall–Kier alpha value is -2.42. The van der Waals surface area contributed by atoms with Crippen LogP contribution >= 0.6 is 0 Å². The van der Waals surface area contributed by atoms with Crippen LogP contribution in [0, 0.1) is 6.92 Å². The monoisotopic (exact) mass is 254 g/mol. The van der Waals surface area contributed by atoms with Crippen molar-refractivity contribution < 1.29 is 14.3 Å². The van der Waals surface area contributed by atoms with E-state index in [0.29, 0.717) is 12.4 Å². The zero-order valence-corrected chi connectivity index (χ0v) is 10.6. The highest BCUT2D eigenvalue weighted by Gasteiger charge is 2.05. The molecule has 0 bridgehead atoms. The van der Waals surface area contributed by atoms with Crippen molar-refractivity contribution in [2.75, 3.05) is 0 Å². The number of hydrogen-bond acceptors (Lipinski definition) is 3. The van der Waals surface area contributed by atoms with Crippen LogP contribution in [0.2, 0.25) is 0 Å². The number of ether oxygens (including phenoxy) is 1. The first kappa shape index (κ1) is 11.7. The van der Waals surface area contributed by atoms with Crippen LogP contribution in [-0.4, -0.2) is 5.11 Å². The first-order valence-corrected chi connectivity index (χ1v) is 6.11. The number of aromatic hydroxyl groups is 1. The zero-order valence-electron chi connectivity index (χ0n) is 10.6. The van der Waals surface area contributed by atoms with Crippen LogP contribution in [0.5, 0.6) is 11.5 Å². The predicted octanol–water partition coefficient (Wildman–Crippen LogP) is 4.03. The molecular formula is C16H14O3. The summed E-state index contributed by atoms with van der Waals surface area (Å²) in [6.45, 7) is 2.38. The van der Waals surface area contributed by atoms with Crippen LogP contribution < -0.4 is 4.74 Å². The van der Waals surface area contributed by atoms with Crippen molar-refractivity contribution in [1.29, 1.82) is 0 Å². The molecule has 0 radical (unpaired) electrons. The summed E-state index contributed by atoms with van der Waals surface area (Å²) in [5.74, 6) is 1.58. The highest BCUT2D eigenvalue weighted by Crippen LogP contribution is 2.23. The summed E-state index contributed by atoms with van der Waals surface area (Å²) in [5.41, 5.74) is 2.04. The van der Waals surface area contributed by atoms with E-state index in [2.05, 4.69) is 6.07 Å². The molecule has 3 nitrogen and oxygen atoms in total. The predicted molar refractivity (Wildman–Crippen MR) is 73.4 cm³/mol. The van der Waals surface area contributed by atoms with Gasteiger partial charge in [0.15, 0.2) is 0 Å². The van der Waals surface area contributed by atoms with E-state index in [9.17, 15) is 5.11 Å². The molecule has 0 unspecified atom stereocenters. The lowest BCUT2D eigenvalue weighted by atomic mass is 10.2. The fourth-order valence-electron chi connectivity index (χ4n) is 1.99. The highest BCUT2D eigenvalue weighted by atomic mass is 16.5. The summed E-state index contributed by atoms with van der Waals surface area (Å²) < 4.78 is 11.3. The maximum atomic E-state index is 9.35. The fourth-order valence-corrected chi connectivity index (χ4v) is 1.99. The lowest BCUT2D eigenvalue weighted by Crippen LogP contribution is -1.92. The first-order valence-electron chi connectivity index (χ1n) is 6.11. The standard InChI is InChI=1S/C16H14O3/c1-11-5-6-12-8-15(19-16(12)7-11)10-18-14-4-2-3-13(17)9-14/h2-9,17H,10H2,1H3. The Morgan fingerprint density at radius 3 is 2.84 bits per heavy atom. The Labute approximate surface area is 111 Å². The van der Waals surface area contributed by atoms with E-state index < -0.39 is 0 Å². The third kappa shape index (κ3) is 2.55. The number of rotatable bonds is 3. The third-order valence-electron chi connectivity index (χ3n) is 2.93. The molecule has 0 amide bonds. The summed E-state index contributed by atoms with van der Waals surface area (Å²) in [4.78, 5) is 0. The summed E-state index contributed by atoms with van der Waals surface area (Å²) in [6.07, 6.45) is 0. The van der Waals surface area contributed by atoms with Gasteiger partial charge in [-0.1, -0.05) is 18.2 Å². The SMILES string of the molecule is Cc1ccc2cc(COc3cccc(O)c3)oc2c1. The molecule has 0 spiro atoms. The summed E-state index contributed by atoms with van der Waals surface area (Å²) in [7, 11) is 0. The maximum absolute atomic E-state index is 9.35. The molecule has 0 aliphatic rings. The van der Waals surface area contributed by atoms with Crippen molar-refractivity contribution in [2.24, 2.45) is 0 Å². The number of hydrogen-bond donors (Lipinski definition) is 1. The number of furan rings is 1. The van der Waals surface area contributed by atoms with Crippen LogP contribution in [0.1, 0.15) is 11.3 Å². The van der Waals surface area contributed by atoms with Gasteiger partial charge in [0.25, 0.3) is 0 Å². The third-order valence-corrected chi connectivity index (χ3v) is 2.93. The molecule has 0 aliphatic heterocycles. The van der Waals surface area contributed by atoms with Crippen molar-refractivity contribution in [2.45, 2.75) is 13.5 Å². The molecule has 0 saturated carbocycles. The molecule has 3 rings (SSSR count). The second-order valence-electron chi connectivity index (χ2n) is 4.54. The molecule has 3 aromatic rings. The highest BCUT2D eigenvalue weighted by molar-refractivity contribution is 5.78. The van der Waals surface area contributed by atoms with Gasteiger partial charge >= 0.3 is 0 Å². The molecular weight excluding hydrogens is 240 g/mol. The van der Waals surface area contributed by atoms with E-state index in [1.807, 2.05) is 25.1 Å². The van der Waals surface area contributed by atoms with Crippen molar-refractivity contribution in [3.63, 3.8) is 0 Å². The van der Waals surface area contributed by atoms with E-state index in [1.54, 1.807) is 24.3 Å². The van der Waals surface area contributed by atoms with Crippen molar-refractivity contribution in [3.05, 3.63) is 59.9 Å². The number of aryl methyl sites for hydroxylation is 1. The van der Waals surface area contributed by atoms with Gasteiger partial charge in [-0.15, -0.1) is 0 Å². The normalized spacial score (nSPS) is 10.8. The average Bonchev–Trinajstić information content (AvgIpc) is 2.78.